The summed E-state index contributed by atoms with van der Waals surface area (Å²) >= 11 is 0. The maximum absolute atomic E-state index is 12.2. The minimum absolute atomic E-state index is 0.0814. The van der Waals surface area contributed by atoms with E-state index in [1.54, 1.807) is 36.1 Å². The lowest BCUT2D eigenvalue weighted by molar-refractivity contribution is -0.147. The monoisotopic (exact) mass is 324 g/mol. The Kier molecular flexibility index (Phi) is 5.91. The molecule has 0 unspecified atom stereocenters. The third kappa shape index (κ3) is 4.82. The number of benzene rings is 1. The van der Waals surface area contributed by atoms with E-state index in [1.807, 2.05) is 6.07 Å². The van der Waals surface area contributed by atoms with E-state index >= 15 is 0 Å². The fraction of sp³-hybridized carbons (Fsp3) is 0.316. The first-order valence-electron chi connectivity index (χ1n) is 7.83. The number of hydrogen-bond acceptors (Lipinski definition) is 4. The zero-order valence-corrected chi connectivity index (χ0v) is 13.7. The van der Waals surface area contributed by atoms with E-state index in [4.69, 9.17) is 10.00 Å². The highest BCUT2D eigenvalue weighted by molar-refractivity contribution is 5.92. The number of carbonyl (C=O) groups excluding carboxylic acids is 2. The predicted molar refractivity (Wildman–Crippen MR) is 90.7 cm³/mol. The van der Waals surface area contributed by atoms with Gasteiger partial charge in [-0.25, -0.2) is 4.79 Å². The van der Waals surface area contributed by atoms with Crippen molar-refractivity contribution in [3.05, 3.63) is 53.6 Å². The molecule has 2 rings (SSSR count). The van der Waals surface area contributed by atoms with Crippen LogP contribution in [0, 0.1) is 11.3 Å². The second kappa shape index (κ2) is 8.11. The summed E-state index contributed by atoms with van der Waals surface area (Å²) in [5.74, 6) is -0.459. The van der Waals surface area contributed by atoms with Crippen molar-refractivity contribution in [2.45, 2.75) is 25.9 Å². The number of likely N-dealkylation sites (tertiary alicyclic amines) is 1. The third-order valence-corrected chi connectivity index (χ3v) is 3.81. The van der Waals surface area contributed by atoms with Crippen molar-refractivity contribution < 1.29 is 14.3 Å². The summed E-state index contributed by atoms with van der Waals surface area (Å²) in [5.41, 5.74) is 1.76. The third-order valence-electron chi connectivity index (χ3n) is 3.81. The average Bonchev–Trinajstić information content (AvgIpc) is 2.60. The lowest BCUT2D eigenvalue weighted by Crippen LogP contribution is -2.40. The van der Waals surface area contributed by atoms with Gasteiger partial charge in [-0.2, -0.15) is 5.26 Å². The molecule has 0 aliphatic carbocycles. The van der Waals surface area contributed by atoms with Gasteiger partial charge in [-0.1, -0.05) is 18.7 Å². The summed E-state index contributed by atoms with van der Waals surface area (Å²) in [5, 5.41) is 8.87. The SMILES string of the molecule is C=C(C)C(=O)OC1CCN(C(=O)/C=C/c2cccc(C#N)c2)CC1. The zero-order valence-electron chi connectivity index (χ0n) is 13.7. The van der Waals surface area contributed by atoms with Crippen molar-refractivity contribution >= 4 is 18.0 Å². The number of rotatable bonds is 4. The van der Waals surface area contributed by atoms with Crippen molar-refractivity contribution in [2.24, 2.45) is 0 Å². The van der Waals surface area contributed by atoms with Crippen LogP contribution in [0.1, 0.15) is 30.9 Å². The van der Waals surface area contributed by atoms with Crippen molar-refractivity contribution in [3.8, 4) is 6.07 Å². The van der Waals surface area contributed by atoms with Gasteiger partial charge in [0.15, 0.2) is 0 Å². The summed E-state index contributed by atoms with van der Waals surface area (Å²) in [6.07, 6.45) is 4.31. The van der Waals surface area contributed by atoms with Gasteiger partial charge in [0.05, 0.1) is 11.6 Å². The fourth-order valence-corrected chi connectivity index (χ4v) is 2.43. The summed E-state index contributed by atoms with van der Waals surface area (Å²) in [4.78, 5) is 25.4. The van der Waals surface area contributed by atoms with E-state index in [-0.39, 0.29) is 18.0 Å². The van der Waals surface area contributed by atoms with Gasteiger partial charge >= 0.3 is 5.97 Å². The Morgan fingerprint density at radius 3 is 2.71 bits per heavy atom. The number of hydrogen-bond donors (Lipinski definition) is 0. The molecule has 1 aromatic carbocycles. The number of esters is 1. The van der Waals surface area contributed by atoms with Crippen molar-refractivity contribution in [2.75, 3.05) is 13.1 Å². The fourth-order valence-electron chi connectivity index (χ4n) is 2.43. The second-order valence-electron chi connectivity index (χ2n) is 5.78. The van der Waals surface area contributed by atoms with Gasteiger partial charge in [-0.15, -0.1) is 0 Å². The lowest BCUT2D eigenvalue weighted by atomic mass is 10.1. The molecule has 0 bridgehead atoms. The Labute approximate surface area is 141 Å². The molecular weight excluding hydrogens is 304 g/mol. The summed E-state index contributed by atoms with van der Waals surface area (Å²) in [7, 11) is 0. The summed E-state index contributed by atoms with van der Waals surface area (Å²) in [6, 6.07) is 9.14. The van der Waals surface area contributed by atoms with Crippen LogP contribution < -0.4 is 0 Å². The molecule has 1 amide bonds. The maximum Gasteiger partial charge on any atom is 0.333 e. The Morgan fingerprint density at radius 2 is 2.08 bits per heavy atom. The summed E-state index contributed by atoms with van der Waals surface area (Å²) < 4.78 is 5.31. The molecule has 0 spiro atoms. The molecule has 0 atom stereocenters. The van der Waals surface area contributed by atoms with Crippen molar-refractivity contribution in [3.63, 3.8) is 0 Å². The molecule has 5 heteroatoms. The van der Waals surface area contributed by atoms with Crippen LogP contribution in [-0.2, 0) is 14.3 Å². The second-order valence-corrected chi connectivity index (χ2v) is 5.78. The van der Waals surface area contributed by atoms with Gasteiger partial charge in [0, 0.05) is 37.6 Å². The standard InChI is InChI=1S/C19H20N2O3/c1-14(2)19(23)24-17-8-10-21(11-9-17)18(22)7-6-15-4-3-5-16(12-15)13-20/h3-7,12,17H,1,8-11H2,2H3/b7-6+. The molecule has 0 saturated carbocycles. The first-order chi connectivity index (χ1) is 11.5. The topological polar surface area (TPSA) is 70.4 Å². The molecule has 1 aliphatic rings. The molecular formula is C19H20N2O3. The molecule has 5 nitrogen and oxygen atoms in total. The number of piperidine rings is 1. The van der Waals surface area contributed by atoms with E-state index in [2.05, 4.69) is 12.6 Å². The number of ether oxygens (including phenoxy) is 1. The van der Waals surface area contributed by atoms with Crippen molar-refractivity contribution in [1.29, 1.82) is 5.26 Å². The quantitative estimate of drug-likeness (QED) is 0.630. The van der Waals surface area contributed by atoms with E-state index in [9.17, 15) is 9.59 Å². The molecule has 0 aromatic heterocycles. The first-order valence-corrected chi connectivity index (χ1v) is 7.83. The minimum Gasteiger partial charge on any atom is -0.459 e. The van der Waals surface area contributed by atoms with Crippen LogP contribution in [0.25, 0.3) is 6.08 Å². The summed E-state index contributed by atoms with van der Waals surface area (Å²) in [6.45, 7) is 6.28. The molecule has 1 heterocycles. The van der Waals surface area contributed by atoms with Crippen LogP contribution in [0.3, 0.4) is 0 Å². The molecule has 1 fully saturated rings. The zero-order chi connectivity index (χ0) is 17.5. The number of carbonyl (C=O) groups is 2. The van der Waals surface area contributed by atoms with Crippen LogP contribution in [0.5, 0.6) is 0 Å². The maximum atomic E-state index is 12.2. The van der Waals surface area contributed by atoms with Gasteiger partial charge in [0.2, 0.25) is 5.91 Å². The predicted octanol–water partition coefficient (Wildman–Crippen LogP) is 2.68. The normalized spacial score (nSPS) is 15.1. The van der Waals surface area contributed by atoms with E-state index in [0.717, 1.165) is 5.56 Å². The Morgan fingerprint density at radius 1 is 1.38 bits per heavy atom. The van der Waals surface area contributed by atoms with E-state index in [0.29, 0.717) is 37.1 Å². The van der Waals surface area contributed by atoms with Gasteiger partial charge in [0.25, 0.3) is 0 Å². The highest BCUT2D eigenvalue weighted by Gasteiger charge is 2.24. The molecule has 0 radical (unpaired) electrons. The van der Waals surface area contributed by atoms with Crippen LogP contribution in [0.2, 0.25) is 0 Å². The van der Waals surface area contributed by atoms with E-state index < -0.39 is 0 Å². The van der Waals surface area contributed by atoms with Crippen LogP contribution in [0.4, 0.5) is 0 Å². The highest BCUT2D eigenvalue weighted by atomic mass is 16.5. The Balaban J connectivity index is 1.86. The minimum atomic E-state index is -0.378. The molecule has 1 saturated heterocycles. The van der Waals surface area contributed by atoms with Crippen LogP contribution in [-0.4, -0.2) is 36.0 Å². The highest BCUT2D eigenvalue weighted by Crippen LogP contribution is 2.16. The molecule has 124 valence electrons. The molecule has 1 aliphatic heterocycles. The van der Waals surface area contributed by atoms with Gasteiger partial charge < -0.3 is 9.64 Å². The van der Waals surface area contributed by atoms with Gasteiger partial charge in [-0.3, -0.25) is 4.79 Å². The van der Waals surface area contributed by atoms with Crippen LogP contribution in [0.15, 0.2) is 42.5 Å². The van der Waals surface area contributed by atoms with Crippen LogP contribution >= 0.6 is 0 Å². The first kappa shape index (κ1) is 17.5. The largest absolute Gasteiger partial charge is 0.459 e. The van der Waals surface area contributed by atoms with E-state index in [1.165, 1.54) is 6.08 Å². The number of nitriles is 1. The lowest BCUT2D eigenvalue weighted by Gasteiger charge is -2.31. The molecule has 1 aromatic rings. The average molecular weight is 324 g/mol. The van der Waals surface area contributed by atoms with Gasteiger partial charge in [0.1, 0.15) is 6.10 Å². The van der Waals surface area contributed by atoms with Crippen molar-refractivity contribution in [1.82, 2.24) is 4.90 Å². The number of nitrogens with zero attached hydrogens (tertiary/aromatic N) is 2. The Hall–Kier alpha value is -2.87. The number of amides is 1. The molecule has 24 heavy (non-hydrogen) atoms. The molecule has 0 N–H and O–H groups in total. The van der Waals surface area contributed by atoms with Gasteiger partial charge in [-0.05, 0) is 30.7 Å². The smallest absolute Gasteiger partial charge is 0.333 e. The Bertz CT molecular complexity index is 708.